The van der Waals surface area contributed by atoms with Crippen LogP contribution in [0.25, 0.3) is 22.0 Å². The summed E-state index contributed by atoms with van der Waals surface area (Å²) in [4.78, 5) is 18.5. The normalized spacial score (nSPS) is 16.2. The SMILES string of the molecule is CN(C)C1CCN(c2ccc(-c3cccc4cnc(Nc5ccc(S(N)(=O)=O)cc5)nc34)cn2)C1. The minimum atomic E-state index is -3.74. The standard InChI is InChI=1S/C25H27N7O2S/c1-31(2)20-12-13-32(16-20)23-11-6-17(14-27-23)22-5-3-4-18-15-28-25(30-24(18)22)29-19-7-9-21(10-8-19)35(26,33)34/h3-11,14-15,20H,12-13,16H2,1-2H3,(H2,26,33,34)(H,28,29,30). The van der Waals surface area contributed by atoms with Crippen LogP contribution >= 0.6 is 0 Å². The fourth-order valence-electron chi connectivity index (χ4n) is 4.31. The molecule has 9 nitrogen and oxygen atoms in total. The number of likely N-dealkylation sites (N-methyl/N-ethyl adjacent to an activating group) is 1. The lowest BCUT2D eigenvalue weighted by atomic mass is 10.0. The second-order valence-electron chi connectivity index (χ2n) is 8.89. The van der Waals surface area contributed by atoms with E-state index in [1.54, 1.807) is 18.3 Å². The number of hydrogen-bond acceptors (Lipinski definition) is 8. The van der Waals surface area contributed by atoms with Gasteiger partial charge in [0.15, 0.2) is 0 Å². The summed E-state index contributed by atoms with van der Waals surface area (Å²) in [6.45, 7) is 1.98. The summed E-state index contributed by atoms with van der Waals surface area (Å²) in [5.41, 5.74) is 3.39. The maximum absolute atomic E-state index is 11.5. The summed E-state index contributed by atoms with van der Waals surface area (Å²) < 4.78 is 23.0. The number of benzene rings is 2. The third-order valence-electron chi connectivity index (χ3n) is 6.33. The number of sulfonamides is 1. The second-order valence-corrected chi connectivity index (χ2v) is 10.5. The predicted molar refractivity (Wildman–Crippen MR) is 138 cm³/mol. The molecule has 2 aromatic heterocycles. The van der Waals surface area contributed by atoms with Crippen LogP contribution in [0.4, 0.5) is 17.5 Å². The molecule has 2 aromatic carbocycles. The first-order valence-corrected chi connectivity index (χ1v) is 12.9. The van der Waals surface area contributed by atoms with Crippen molar-refractivity contribution in [3.8, 4) is 11.1 Å². The van der Waals surface area contributed by atoms with E-state index in [1.165, 1.54) is 12.1 Å². The molecule has 0 aliphatic carbocycles. The van der Waals surface area contributed by atoms with Crippen molar-refractivity contribution < 1.29 is 8.42 Å². The van der Waals surface area contributed by atoms with Crippen molar-refractivity contribution in [1.82, 2.24) is 19.9 Å². The van der Waals surface area contributed by atoms with Gasteiger partial charge in [0.25, 0.3) is 0 Å². The molecule has 1 aliphatic rings. The van der Waals surface area contributed by atoms with Gasteiger partial charge in [0.1, 0.15) is 5.82 Å². The summed E-state index contributed by atoms with van der Waals surface area (Å²) in [7, 11) is 0.499. The van der Waals surface area contributed by atoms with E-state index in [9.17, 15) is 8.42 Å². The monoisotopic (exact) mass is 489 g/mol. The number of nitrogens with one attached hydrogen (secondary N) is 1. The molecule has 1 unspecified atom stereocenters. The lowest BCUT2D eigenvalue weighted by molar-refractivity contribution is 0.315. The highest BCUT2D eigenvalue weighted by Gasteiger charge is 2.24. The third-order valence-corrected chi connectivity index (χ3v) is 7.26. The Morgan fingerprint density at radius 2 is 1.83 bits per heavy atom. The van der Waals surface area contributed by atoms with Crippen LogP contribution in [-0.2, 0) is 10.0 Å². The van der Waals surface area contributed by atoms with Crippen LogP contribution in [0.1, 0.15) is 6.42 Å². The van der Waals surface area contributed by atoms with Crippen LogP contribution in [0.5, 0.6) is 0 Å². The number of nitrogens with two attached hydrogens (primary N) is 1. The number of nitrogens with zero attached hydrogens (tertiary/aromatic N) is 5. The number of rotatable bonds is 6. The molecule has 3 N–H and O–H groups in total. The first-order chi connectivity index (χ1) is 16.8. The third kappa shape index (κ3) is 4.95. The van der Waals surface area contributed by atoms with E-state index < -0.39 is 10.0 Å². The van der Waals surface area contributed by atoms with Gasteiger partial charge in [0.2, 0.25) is 16.0 Å². The molecule has 1 fully saturated rings. The van der Waals surface area contributed by atoms with Gasteiger partial charge in [-0.15, -0.1) is 0 Å². The molecule has 0 spiro atoms. The van der Waals surface area contributed by atoms with E-state index >= 15 is 0 Å². The molecular weight excluding hydrogens is 462 g/mol. The van der Waals surface area contributed by atoms with Gasteiger partial charge in [-0.3, -0.25) is 0 Å². The fraction of sp³-hybridized carbons (Fsp3) is 0.240. The smallest absolute Gasteiger partial charge is 0.238 e. The molecule has 5 rings (SSSR count). The fourth-order valence-corrected chi connectivity index (χ4v) is 4.83. The van der Waals surface area contributed by atoms with Gasteiger partial charge in [-0.05, 0) is 56.9 Å². The highest BCUT2D eigenvalue weighted by molar-refractivity contribution is 7.89. The summed E-state index contributed by atoms with van der Waals surface area (Å²) in [6, 6.07) is 16.8. The quantitative estimate of drug-likeness (QED) is 0.424. The van der Waals surface area contributed by atoms with E-state index in [-0.39, 0.29) is 4.90 Å². The maximum atomic E-state index is 11.5. The molecule has 0 radical (unpaired) electrons. The molecular formula is C25H27N7O2S. The lowest BCUT2D eigenvalue weighted by Gasteiger charge is -2.21. The maximum Gasteiger partial charge on any atom is 0.238 e. The topological polar surface area (TPSA) is 117 Å². The molecule has 0 amide bonds. The molecule has 180 valence electrons. The molecule has 35 heavy (non-hydrogen) atoms. The molecule has 10 heteroatoms. The van der Waals surface area contributed by atoms with Crippen molar-refractivity contribution in [2.24, 2.45) is 5.14 Å². The molecule has 1 atom stereocenters. The zero-order chi connectivity index (χ0) is 24.6. The van der Waals surface area contributed by atoms with Crippen molar-refractivity contribution in [2.45, 2.75) is 17.4 Å². The van der Waals surface area contributed by atoms with E-state index in [1.807, 2.05) is 24.4 Å². The number of hydrogen-bond donors (Lipinski definition) is 2. The zero-order valence-corrected chi connectivity index (χ0v) is 20.4. The minimum absolute atomic E-state index is 0.0480. The van der Waals surface area contributed by atoms with Gasteiger partial charge < -0.3 is 15.1 Å². The Labute approximate surface area is 204 Å². The average Bonchev–Trinajstić information content (AvgIpc) is 3.34. The summed E-state index contributed by atoms with van der Waals surface area (Å²) in [5, 5.41) is 9.21. The number of aromatic nitrogens is 3. The van der Waals surface area contributed by atoms with Crippen LogP contribution < -0.4 is 15.4 Å². The average molecular weight is 490 g/mol. The summed E-state index contributed by atoms with van der Waals surface area (Å²) in [6.07, 6.45) is 4.80. The van der Waals surface area contributed by atoms with Crippen LogP contribution in [0.3, 0.4) is 0 Å². The Kier molecular flexibility index (Phi) is 6.10. The van der Waals surface area contributed by atoms with E-state index in [0.29, 0.717) is 17.7 Å². The highest BCUT2D eigenvalue weighted by Crippen LogP contribution is 2.29. The Bertz CT molecular complexity index is 1460. The molecule has 1 aliphatic heterocycles. The Hall–Kier alpha value is -3.60. The van der Waals surface area contributed by atoms with Crippen LogP contribution in [0.2, 0.25) is 0 Å². The van der Waals surface area contributed by atoms with Gasteiger partial charge in [-0.2, -0.15) is 0 Å². The van der Waals surface area contributed by atoms with E-state index in [0.717, 1.165) is 47.4 Å². The molecule has 0 bridgehead atoms. The van der Waals surface area contributed by atoms with Crippen LogP contribution in [0, 0.1) is 0 Å². The first-order valence-electron chi connectivity index (χ1n) is 11.3. The minimum Gasteiger partial charge on any atom is -0.355 e. The lowest BCUT2D eigenvalue weighted by Crippen LogP contribution is -2.31. The van der Waals surface area contributed by atoms with Gasteiger partial charge >= 0.3 is 0 Å². The number of para-hydroxylation sites is 1. The molecule has 1 saturated heterocycles. The number of pyridine rings is 1. The highest BCUT2D eigenvalue weighted by atomic mass is 32.2. The van der Waals surface area contributed by atoms with Crippen molar-refractivity contribution in [3.63, 3.8) is 0 Å². The summed E-state index contributed by atoms with van der Waals surface area (Å²) in [5.74, 6) is 1.39. The predicted octanol–water partition coefficient (Wildman–Crippen LogP) is 3.22. The van der Waals surface area contributed by atoms with Gasteiger partial charge in [0.05, 0.1) is 10.4 Å². The number of anilines is 3. The van der Waals surface area contributed by atoms with Gasteiger partial charge in [0, 0.05) is 53.7 Å². The van der Waals surface area contributed by atoms with Crippen LogP contribution in [0.15, 0.2) is 71.9 Å². The van der Waals surface area contributed by atoms with Crippen molar-refractivity contribution in [2.75, 3.05) is 37.4 Å². The first kappa shape index (κ1) is 23.2. The Morgan fingerprint density at radius 3 is 2.49 bits per heavy atom. The van der Waals surface area contributed by atoms with Crippen molar-refractivity contribution in [1.29, 1.82) is 0 Å². The Balaban J connectivity index is 1.40. The molecule has 3 heterocycles. The number of primary sulfonamides is 1. The zero-order valence-electron chi connectivity index (χ0n) is 19.6. The second kappa shape index (κ2) is 9.21. The van der Waals surface area contributed by atoms with Crippen LogP contribution in [-0.4, -0.2) is 61.5 Å². The van der Waals surface area contributed by atoms with E-state index in [2.05, 4.69) is 46.3 Å². The Morgan fingerprint density at radius 1 is 1.03 bits per heavy atom. The van der Waals surface area contributed by atoms with Gasteiger partial charge in [-0.1, -0.05) is 18.2 Å². The van der Waals surface area contributed by atoms with Crippen molar-refractivity contribution in [3.05, 3.63) is 67.0 Å². The number of fused-ring (bicyclic) bond motifs is 1. The molecule has 0 saturated carbocycles. The van der Waals surface area contributed by atoms with Crippen molar-refractivity contribution >= 4 is 38.4 Å². The van der Waals surface area contributed by atoms with Gasteiger partial charge in [-0.25, -0.2) is 28.5 Å². The largest absolute Gasteiger partial charge is 0.355 e. The summed E-state index contributed by atoms with van der Waals surface area (Å²) >= 11 is 0. The van der Waals surface area contributed by atoms with E-state index in [4.69, 9.17) is 15.1 Å². The molecule has 4 aromatic rings.